The Morgan fingerprint density at radius 3 is 2.71 bits per heavy atom. The van der Waals surface area contributed by atoms with Crippen LogP contribution >= 0.6 is 23.4 Å². The highest BCUT2D eigenvalue weighted by molar-refractivity contribution is 7.99. The Bertz CT molecular complexity index is 1330. The molecule has 1 amide bonds. The Balaban J connectivity index is 1.59. The van der Waals surface area contributed by atoms with Gasteiger partial charge in [0.25, 0.3) is 5.56 Å². The van der Waals surface area contributed by atoms with Crippen molar-refractivity contribution in [1.29, 1.82) is 0 Å². The molecule has 0 spiro atoms. The first kappa shape index (κ1) is 21.1. The molecule has 0 radical (unpaired) electrons. The Labute approximate surface area is 187 Å². The van der Waals surface area contributed by atoms with E-state index in [2.05, 4.69) is 22.1 Å². The van der Waals surface area contributed by atoms with E-state index in [1.807, 2.05) is 37.3 Å². The minimum absolute atomic E-state index is 0.132. The summed E-state index contributed by atoms with van der Waals surface area (Å²) in [6.07, 6.45) is 1.64. The van der Waals surface area contributed by atoms with Crippen molar-refractivity contribution in [2.24, 2.45) is 0 Å². The van der Waals surface area contributed by atoms with Gasteiger partial charge in [0, 0.05) is 11.6 Å². The summed E-state index contributed by atoms with van der Waals surface area (Å²) in [4.78, 5) is 25.4. The molecule has 4 aromatic rings. The fourth-order valence-electron chi connectivity index (χ4n) is 3.37. The van der Waals surface area contributed by atoms with Crippen LogP contribution in [0.15, 0.2) is 71.1 Å². The predicted octanol–water partition coefficient (Wildman–Crippen LogP) is 3.85. The fourth-order valence-corrected chi connectivity index (χ4v) is 4.25. The van der Waals surface area contributed by atoms with Crippen molar-refractivity contribution in [3.05, 3.63) is 82.1 Å². The highest BCUT2D eigenvalue weighted by Crippen LogP contribution is 2.22. The van der Waals surface area contributed by atoms with Crippen LogP contribution in [-0.4, -0.2) is 30.8 Å². The maximum absolute atomic E-state index is 12.8. The van der Waals surface area contributed by atoms with Crippen LogP contribution in [0.25, 0.3) is 16.7 Å². The summed E-state index contributed by atoms with van der Waals surface area (Å²) in [5.74, 6) is 0.446. The molecule has 9 heteroatoms. The third-order valence-electron chi connectivity index (χ3n) is 4.87. The van der Waals surface area contributed by atoms with E-state index in [1.165, 1.54) is 16.3 Å². The largest absolute Gasteiger partial charge is 0.349 e. The number of benzene rings is 2. The van der Waals surface area contributed by atoms with E-state index in [1.54, 1.807) is 28.7 Å². The average molecular weight is 454 g/mol. The van der Waals surface area contributed by atoms with Crippen LogP contribution in [0.3, 0.4) is 0 Å². The van der Waals surface area contributed by atoms with Gasteiger partial charge in [-0.05, 0) is 36.8 Å². The average Bonchev–Trinajstić information content (AvgIpc) is 3.19. The van der Waals surface area contributed by atoms with E-state index in [0.29, 0.717) is 33.4 Å². The molecule has 4 rings (SSSR count). The molecule has 0 aliphatic heterocycles. The molecule has 31 heavy (non-hydrogen) atoms. The molecule has 0 saturated heterocycles. The second-order valence-corrected chi connectivity index (χ2v) is 8.35. The van der Waals surface area contributed by atoms with E-state index in [-0.39, 0.29) is 23.3 Å². The molecule has 2 aromatic carbocycles. The first-order valence-corrected chi connectivity index (χ1v) is 11.0. The molecule has 0 saturated carbocycles. The zero-order valence-corrected chi connectivity index (χ0v) is 18.4. The lowest BCUT2D eigenvalue weighted by Gasteiger charge is -2.14. The van der Waals surface area contributed by atoms with Crippen LogP contribution in [0.1, 0.15) is 18.5 Å². The van der Waals surface area contributed by atoms with Crippen LogP contribution in [0.2, 0.25) is 5.02 Å². The Hall–Kier alpha value is -3.10. The number of halogens is 1. The van der Waals surface area contributed by atoms with E-state index in [0.717, 1.165) is 5.56 Å². The van der Waals surface area contributed by atoms with E-state index >= 15 is 0 Å². The molecule has 0 aliphatic carbocycles. The number of amides is 1. The fraction of sp³-hybridized carbons (Fsp3) is 0.182. The number of rotatable bonds is 7. The minimum Gasteiger partial charge on any atom is -0.349 e. The van der Waals surface area contributed by atoms with Gasteiger partial charge in [-0.2, -0.15) is 0 Å². The van der Waals surface area contributed by atoms with Gasteiger partial charge in [-0.25, -0.2) is 0 Å². The molecular weight excluding hydrogens is 434 g/mol. The van der Waals surface area contributed by atoms with Gasteiger partial charge in [0.1, 0.15) is 0 Å². The van der Waals surface area contributed by atoms with Crippen molar-refractivity contribution in [2.45, 2.75) is 24.7 Å². The quantitative estimate of drug-likeness (QED) is 0.339. The third-order valence-corrected chi connectivity index (χ3v) is 6.05. The maximum Gasteiger partial charge on any atom is 0.263 e. The number of hydrogen-bond acceptors (Lipinski definition) is 5. The molecular formula is C22H20ClN5O2S. The normalized spacial score (nSPS) is 12.2. The summed E-state index contributed by atoms with van der Waals surface area (Å²) >= 11 is 7.19. The molecule has 0 fully saturated rings. The van der Waals surface area contributed by atoms with Crippen LogP contribution < -0.4 is 10.9 Å². The van der Waals surface area contributed by atoms with E-state index < -0.39 is 0 Å². The number of para-hydroxylation sites is 1. The number of carbonyl (C=O) groups excluding carboxylic acids is 1. The number of carbonyl (C=O) groups is 1. The summed E-state index contributed by atoms with van der Waals surface area (Å²) in [6.45, 7) is 5.96. The summed E-state index contributed by atoms with van der Waals surface area (Å²) < 4.78 is 3.33. The van der Waals surface area contributed by atoms with E-state index in [4.69, 9.17) is 11.6 Å². The summed E-state index contributed by atoms with van der Waals surface area (Å²) in [5, 5.41) is 13.2. The van der Waals surface area contributed by atoms with Crippen molar-refractivity contribution in [3.63, 3.8) is 0 Å². The minimum atomic E-state index is -0.154. The summed E-state index contributed by atoms with van der Waals surface area (Å²) in [7, 11) is 0. The summed E-state index contributed by atoms with van der Waals surface area (Å²) in [6, 6.07) is 14.5. The van der Waals surface area contributed by atoms with Gasteiger partial charge >= 0.3 is 0 Å². The Kier molecular flexibility index (Phi) is 6.11. The smallest absolute Gasteiger partial charge is 0.263 e. The highest BCUT2D eigenvalue weighted by Gasteiger charge is 2.17. The molecule has 158 valence electrons. The third kappa shape index (κ3) is 4.22. The highest BCUT2D eigenvalue weighted by atomic mass is 35.5. The Morgan fingerprint density at radius 1 is 1.23 bits per heavy atom. The lowest BCUT2D eigenvalue weighted by Crippen LogP contribution is -2.28. The monoisotopic (exact) mass is 453 g/mol. The van der Waals surface area contributed by atoms with Crippen LogP contribution in [0, 0.1) is 0 Å². The van der Waals surface area contributed by atoms with Crippen molar-refractivity contribution in [2.75, 3.05) is 5.75 Å². The van der Waals surface area contributed by atoms with Crippen molar-refractivity contribution in [3.8, 4) is 0 Å². The molecule has 2 aromatic heterocycles. The number of aromatic nitrogens is 4. The number of thioether (sulfide) groups is 1. The van der Waals surface area contributed by atoms with Gasteiger partial charge in [-0.1, -0.05) is 53.7 Å². The molecule has 1 N–H and O–H groups in total. The zero-order valence-electron chi connectivity index (χ0n) is 16.8. The maximum atomic E-state index is 12.8. The van der Waals surface area contributed by atoms with Crippen LogP contribution in [0.4, 0.5) is 0 Å². The summed E-state index contributed by atoms with van der Waals surface area (Å²) in [5.41, 5.74) is 1.52. The molecule has 2 heterocycles. The second-order valence-electron chi connectivity index (χ2n) is 6.97. The first-order valence-electron chi connectivity index (χ1n) is 9.64. The number of fused-ring (bicyclic) bond motifs is 3. The zero-order chi connectivity index (χ0) is 22.0. The standard InChI is InChI=1S/C22H20ClN5O2S/c1-3-12-27-20(30)17-6-4-5-7-18(17)28-21(27)25-26-22(28)31-13-19(29)24-14(2)15-8-10-16(23)11-9-15/h3-11,14H,1,12-13H2,2H3,(H,24,29). The SMILES string of the molecule is C=CCn1c(=O)c2ccccc2n2c(SCC(=O)NC(C)c3ccc(Cl)cc3)nnc12. The van der Waals surface area contributed by atoms with Gasteiger partial charge in [0.2, 0.25) is 11.7 Å². The molecule has 1 atom stereocenters. The van der Waals surface area contributed by atoms with Gasteiger partial charge < -0.3 is 5.32 Å². The number of nitrogens with one attached hydrogen (secondary N) is 1. The van der Waals surface area contributed by atoms with Crippen LogP contribution in [0.5, 0.6) is 0 Å². The lowest BCUT2D eigenvalue weighted by atomic mass is 10.1. The molecule has 0 aliphatic rings. The van der Waals surface area contributed by atoms with Crippen molar-refractivity contribution in [1.82, 2.24) is 24.5 Å². The van der Waals surface area contributed by atoms with Gasteiger partial charge in [-0.15, -0.1) is 16.8 Å². The number of hydrogen-bond donors (Lipinski definition) is 1. The Morgan fingerprint density at radius 2 is 1.97 bits per heavy atom. The van der Waals surface area contributed by atoms with Gasteiger partial charge in [-0.3, -0.25) is 18.6 Å². The molecule has 1 unspecified atom stereocenters. The van der Waals surface area contributed by atoms with Crippen LogP contribution in [-0.2, 0) is 11.3 Å². The topological polar surface area (TPSA) is 81.3 Å². The second kappa shape index (κ2) is 8.95. The number of nitrogens with zero attached hydrogens (tertiary/aromatic N) is 4. The first-order chi connectivity index (χ1) is 15.0. The molecule has 0 bridgehead atoms. The van der Waals surface area contributed by atoms with E-state index in [9.17, 15) is 9.59 Å². The predicted molar refractivity (Wildman–Crippen MR) is 124 cm³/mol. The van der Waals surface area contributed by atoms with Gasteiger partial charge in [0.05, 0.1) is 22.7 Å². The van der Waals surface area contributed by atoms with Crippen molar-refractivity contribution >= 4 is 46.0 Å². The van der Waals surface area contributed by atoms with Crippen molar-refractivity contribution < 1.29 is 4.79 Å². The number of allylic oxidation sites excluding steroid dienone is 1. The van der Waals surface area contributed by atoms with Gasteiger partial charge in [0.15, 0.2) is 5.16 Å². The lowest BCUT2D eigenvalue weighted by molar-refractivity contribution is -0.119. The molecule has 7 nitrogen and oxygen atoms in total.